The third kappa shape index (κ3) is 60.8. The van der Waals surface area contributed by atoms with Crippen LogP contribution in [0.1, 0.15) is 374 Å². The Morgan fingerprint density at radius 2 is 0.446 bits per heavy atom. The summed E-state index contributed by atoms with van der Waals surface area (Å²) in [5.41, 5.74) is 0. The van der Waals surface area contributed by atoms with E-state index in [-0.39, 0.29) is 31.1 Å². The molecule has 0 saturated carbocycles. The molecule has 1 atom stereocenters. The van der Waals surface area contributed by atoms with Crippen LogP contribution < -0.4 is 0 Å². The Kier molecular flexibility index (Phi) is 61.6. The van der Waals surface area contributed by atoms with Gasteiger partial charge >= 0.3 is 17.9 Å². The summed E-state index contributed by atoms with van der Waals surface area (Å²) >= 11 is 0. The van der Waals surface area contributed by atoms with Gasteiger partial charge in [0.2, 0.25) is 0 Å². The molecule has 0 fully saturated rings. The molecule has 6 nitrogen and oxygen atoms in total. The molecule has 0 amide bonds. The van der Waals surface area contributed by atoms with Crippen LogP contribution in [0, 0.1) is 0 Å². The van der Waals surface area contributed by atoms with Crippen molar-refractivity contribution in [2.45, 2.75) is 380 Å². The van der Waals surface area contributed by atoms with Crippen molar-refractivity contribution in [2.24, 2.45) is 0 Å². The maximum absolute atomic E-state index is 12.9. The Morgan fingerprint density at radius 3 is 0.676 bits per heavy atom. The van der Waals surface area contributed by atoms with Crippen molar-refractivity contribution in [2.75, 3.05) is 13.2 Å². The molecule has 0 aromatic rings. The molecular formula is C68H128O6. The zero-order valence-corrected chi connectivity index (χ0v) is 50.1. The van der Waals surface area contributed by atoms with Crippen molar-refractivity contribution in [1.29, 1.82) is 0 Å². The number of hydrogen-bond donors (Lipinski definition) is 0. The number of esters is 3. The summed E-state index contributed by atoms with van der Waals surface area (Å²) in [6, 6.07) is 0. The van der Waals surface area contributed by atoms with Crippen LogP contribution in [0.15, 0.2) is 24.3 Å². The van der Waals surface area contributed by atoms with E-state index in [0.29, 0.717) is 19.3 Å². The average molecular weight is 1040 g/mol. The largest absolute Gasteiger partial charge is 0.462 e. The second-order valence-electron chi connectivity index (χ2n) is 22.7. The number of unbranched alkanes of at least 4 members (excludes halogenated alkanes) is 47. The Bertz CT molecular complexity index is 1190. The molecule has 0 aliphatic carbocycles. The Balaban J connectivity index is 4.29. The third-order valence-corrected chi connectivity index (χ3v) is 15.2. The molecule has 436 valence electrons. The predicted molar refractivity (Wildman–Crippen MR) is 321 cm³/mol. The van der Waals surface area contributed by atoms with E-state index < -0.39 is 6.10 Å². The minimum absolute atomic E-state index is 0.0694. The predicted octanol–water partition coefficient (Wildman–Crippen LogP) is 22.6. The summed E-state index contributed by atoms with van der Waals surface area (Å²) in [7, 11) is 0. The first-order chi connectivity index (χ1) is 36.5. The van der Waals surface area contributed by atoms with Gasteiger partial charge in [0.1, 0.15) is 13.2 Å². The summed E-state index contributed by atoms with van der Waals surface area (Å²) < 4.78 is 17.0. The highest BCUT2D eigenvalue weighted by atomic mass is 16.6. The van der Waals surface area contributed by atoms with E-state index in [0.717, 1.165) is 64.2 Å². The molecular weight excluding hydrogens is 913 g/mol. The molecule has 0 radical (unpaired) electrons. The normalized spacial score (nSPS) is 12.1. The second-order valence-corrected chi connectivity index (χ2v) is 22.7. The van der Waals surface area contributed by atoms with Crippen molar-refractivity contribution >= 4 is 17.9 Å². The third-order valence-electron chi connectivity index (χ3n) is 15.2. The van der Waals surface area contributed by atoms with E-state index in [9.17, 15) is 14.4 Å². The molecule has 0 aromatic carbocycles. The summed E-state index contributed by atoms with van der Waals surface area (Å²) in [5.74, 6) is -0.852. The van der Waals surface area contributed by atoms with Crippen molar-refractivity contribution in [1.82, 2.24) is 0 Å². The zero-order chi connectivity index (χ0) is 53.6. The van der Waals surface area contributed by atoms with E-state index >= 15 is 0 Å². The van der Waals surface area contributed by atoms with Crippen LogP contribution in [0.3, 0.4) is 0 Å². The Hall–Kier alpha value is -2.11. The average Bonchev–Trinajstić information content (AvgIpc) is 3.40. The summed E-state index contributed by atoms with van der Waals surface area (Å²) in [4.78, 5) is 38.4. The van der Waals surface area contributed by atoms with Gasteiger partial charge in [0.05, 0.1) is 0 Å². The maximum atomic E-state index is 12.9. The highest BCUT2D eigenvalue weighted by Gasteiger charge is 2.19. The highest BCUT2D eigenvalue weighted by molar-refractivity contribution is 5.71. The van der Waals surface area contributed by atoms with Crippen molar-refractivity contribution in [3.8, 4) is 0 Å². The van der Waals surface area contributed by atoms with Gasteiger partial charge < -0.3 is 14.2 Å². The lowest BCUT2D eigenvalue weighted by Crippen LogP contribution is -2.30. The lowest BCUT2D eigenvalue weighted by molar-refractivity contribution is -0.167. The minimum Gasteiger partial charge on any atom is -0.462 e. The lowest BCUT2D eigenvalue weighted by atomic mass is 10.0. The highest BCUT2D eigenvalue weighted by Crippen LogP contribution is 2.18. The van der Waals surface area contributed by atoms with Gasteiger partial charge in [-0.15, -0.1) is 0 Å². The SMILES string of the molecule is CCCCCCCC/C=C\CCCCCCCCCCCC(=O)OC(COC(=O)CCCCCCC/C=C\CCCCCCCC)COC(=O)CCCCCCCCCCCCCCCCCCCCCCCC. The molecule has 0 bridgehead atoms. The molecule has 0 aromatic heterocycles. The minimum atomic E-state index is -0.773. The van der Waals surface area contributed by atoms with Crippen molar-refractivity contribution < 1.29 is 28.6 Å². The first-order valence-corrected chi connectivity index (χ1v) is 33.3. The molecule has 74 heavy (non-hydrogen) atoms. The van der Waals surface area contributed by atoms with Crippen LogP contribution in [0.5, 0.6) is 0 Å². The van der Waals surface area contributed by atoms with Crippen LogP contribution in [0.4, 0.5) is 0 Å². The van der Waals surface area contributed by atoms with Crippen molar-refractivity contribution in [3.63, 3.8) is 0 Å². The van der Waals surface area contributed by atoms with Crippen LogP contribution in [0.25, 0.3) is 0 Å². The quantitative estimate of drug-likeness (QED) is 0.0261. The smallest absolute Gasteiger partial charge is 0.306 e. The van der Waals surface area contributed by atoms with E-state index in [2.05, 4.69) is 45.1 Å². The number of allylic oxidation sites excluding steroid dienone is 4. The molecule has 1 unspecified atom stereocenters. The molecule has 6 heteroatoms. The summed E-state index contributed by atoms with van der Waals surface area (Å²) in [6.45, 7) is 6.70. The number of carbonyl (C=O) groups excluding carboxylic acids is 3. The number of carbonyl (C=O) groups is 3. The molecule has 0 heterocycles. The fraction of sp³-hybridized carbons (Fsp3) is 0.897. The maximum Gasteiger partial charge on any atom is 0.306 e. The first kappa shape index (κ1) is 71.9. The zero-order valence-electron chi connectivity index (χ0n) is 50.1. The topological polar surface area (TPSA) is 78.9 Å². The van der Waals surface area contributed by atoms with E-state index in [1.165, 1.54) is 270 Å². The van der Waals surface area contributed by atoms with Crippen LogP contribution in [-0.4, -0.2) is 37.2 Å². The summed E-state index contributed by atoms with van der Waals surface area (Å²) in [5, 5.41) is 0. The fourth-order valence-electron chi connectivity index (χ4n) is 10.1. The molecule has 0 rings (SSSR count). The number of ether oxygens (including phenoxy) is 3. The molecule has 0 saturated heterocycles. The fourth-order valence-corrected chi connectivity index (χ4v) is 10.1. The van der Waals surface area contributed by atoms with Crippen LogP contribution in [0.2, 0.25) is 0 Å². The van der Waals surface area contributed by atoms with Gasteiger partial charge in [0.15, 0.2) is 6.10 Å². The lowest BCUT2D eigenvalue weighted by Gasteiger charge is -2.18. The Labute approximate surface area is 462 Å². The first-order valence-electron chi connectivity index (χ1n) is 33.3. The second kappa shape index (κ2) is 63.4. The standard InChI is InChI=1S/C68H128O6/c1-4-7-10-13-16-19-22-25-28-30-32-33-34-36-37-40-43-46-49-52-55-58-61-67(70)73-64-65(63-72-66(69)60-57-54-51-48-45-42-39-27-24-21-18-15-12-9-6-3)74-68(71)62-59-56-53-50-47-44-41-38-35-31-29-26-23-20-17-14-11-8-5-2/h26-27,29,39,65H,4-25,28,30-38,40-64H2,1-3H3/b29-26-,39-27-. The number of rotatable bonds is 62. The molecule has 0 aliphatic heterocycles. The molecule has 0 aliphatic rings. The number of hydrogen-bond acceptors (Lipinski definition) is 6. The van der Waals surface area contributed by atoms with Crippen molar-refractivity contribution in [3.05, 3.63) is 24.3 Å². The van der Waals surface area contributed by atoms with Gasteiger partial charge in [0, 0.05) is 19.3 Å². The monoisotopic (exact) mass is 1040 g/mol. The summed E-state index contributed by atoms with van der Waals surface area (Å²) in [6.07, 6.45) is 76.2. The van der Waals surface area contributed by atoms with E-state index in [1.807, 2.05) is 0 Å². The Morgan fingerprint density at radius 1 is 0.257 bits per heavy atom. The van der Waals surface area contributed by atoms with Crippen LogP contribution >= 0.6 is 0 Å². The van der Waals surface area contributed by atoms with Gasteiger partial charge in [-0.3, -0.25) is 14.4 Å². The van der Waals surface area contributed by atoms with Gasteiger partial charge in [0.25, 0.3) is 0 Å². The van der Waals surface area contributed by atoms with Gasteiger partial charge in [-0.05, 0) is 70.6 Å². The molecule has 0 N–H and O–H groups in total. The van der Waals surface area contributed by atoms with Gasteiger partial charge in [-0.25, -0.2) is 0 Å². The van der Waals surface area contributed by atoms with Crippen LogP contribution in [-0.2, 0) is 28.6 Å². The molecule has 0 spiro atoms. The van der Waals surface area contributed by atoms with E-state index in [4.69, 9.17) is 14.2 Å². The van der Waals surface area contributed by atoms with Gasteiger partial charge in [-0.2, -0.15) is 0 Å². The van der Waals surface area contributed by atoms with E-state index in [1.54, 1.807) is 0 Å². The van der Waals surface area contributed by atoms with Gasteiger partial charge in [-0.1, -0.05) is 308 Å².